The Morgan fingerprint density at radius 2 is 1.77 bits per heavy atom. The molecule has 2 heterocycles. The standard InChI is InChI=1S/C29H42ClN5O4/c1-7-35-19-24(21(4)31-35)28(37)34-15-9-8-14-32(5)29(38)26(20(2)3)33(6)27(36)23-18-22(30)12-13-25(23)39-17-11-10-16-34/h12-13,18-20,26H,7-11,14-17H2,1-6H3/t26-/m0/s1. The summed E-state index contributed by atoms with van der Waals surface area (Å²) in [5, 5.41) is 4.86. The van der Waals surface area contributed by atoms with Crippen LogP contribution in [-0.2, 0) is 11.3 Å². The Morgan fingerprint density at radius 1 is 1.10 bits per heavy atom. The lowest BCUT2D eigenvalue weighted by Gasteiger charge is -2.33. The lowest BCUT2D eigenvalue weighted by molar-refractivity contribution is -0.136. The molecule has 0 fully saturated rings. The molecule has 0 saturated heterocycles. The van der Waals surface area contributed by atoms with Crippen molar-refractivity contribution in [1.82, 2.24) is 24.5 Å². The van der Waals surface area contributed by atoms with Crippen molar-refractivity contribution in [3.63, 3.8) is 0 Å². The first-order valence-electron chi connectivity index (χ1n) is 13.8. The Labute approximate surface area is 237 Å². The summed E-state index contributed by atoms with van der Waals surface area (Å²) in [6, 6.07) is 4.34. The van der Waals surface area contributed by atoms with Gasteiger partial charge in [0, 0.05) is 51.5 Å². The Morgan fingerprint density at radius 3 is 2.41 bits per heavy atom. The minimum absolute atomic E-state index is 0.0254. The van der Waals surface area contributed by atoms with E-state index in [-0.39, 0.29) is 23.6 Å². The summed E-state index contributed by atoms with van der Waals surface area (Å²) in [6.45, 7) is 10.5. The topological polar surface area (TPSA) is 88.0 Å². The van der Waals surface area contributed by atoms with Gasteiger partial charge >= 0.3 is 0 Å². The molecule has 9 nitrogen and oxygen atoms in total. The van der Waals surface area contributed by atoms with Gasteiger partial charge in [0.15, 0.2) is 0 Å². The number of rotatable bonds is 3. The van der Waals surface area contributed by atoms with Crippen molar-refractivity contribution in [2.45, 2.75) is 66.0 Å². The number of carbonyl (C=O) groups is 3. The number of aromatic nitrogens is 2. The second kappa shape index (κ2) is 13.8. The summed E-state index contributed by atoms with van der Waals surface area (Å²) in [4.78, 5) is 45.6. The molecule has 1 aromatic heterocycles. The Hall–Kier alpha value is -3.07. The second-order valence-electron chi connectivity index (χ2n) is 10.5. The van der Waals surface area contributed by atoms with E-state index in [9.17, 15) is 14.4 Å². The predicted octanol–water partition coefficient (Wildman–Crippen LogP) is 4.52. The zero-order valence-corrected chi connectivity index (χ0v) is 24.8. The lowest BCUT2D eigenvalue weighted by Crippen LogP contribution is -2.51. The SMILES string of the molecule is CCn1cc(C(=O)N2CCCCOc3ccc(Cl)cc3C(=O)N(C)[C@@H](C(C)C)C(=O)N(C)CCCC2)c(C)n1. The fraction of sp³-hybridized carbons (Fsp3) is 0.586. The Balaban J connectivity index is 1.86. The van der Waals surface area contributed by atoms with Crippen molar-refractivity contribution in [3.8, 4) is 5.75 Å². The average molecular weight is 560 g/mol. The van der Waals surface area contributed by atoms with Crippen molar-refractivity contribution < 1.29 is 19.1 Å². The highest BCUT2D eigenvalue weighted by atomic mass is 35.5. The fourth-order valence-electron chi connectivity index (χ4n) is 4.96. The third kappa shape index (κ3) is 7.53. The van der Waals surface area contributed by atoms with Crippen molar-refractivity contribution in [2.24, 2.45) is 5.92 Å². The highest BCUT2D eigenvalue weighted by molar-refractivity contribution is 6.31. The van der Waals surface area contributed by atoms with Gasteiger partial charge in [-0.15, -0.1) is 0 Å². The minimum atomic E-state index is -0.638. The number of ether oxygens (including phenoxy) is 1. The first-order valence-corrected chi connectivity index (χ1v) is 14.2. The molecular formula is C29H42ClN5O4. The maximum atomic E-state index is 13.6. The molecule has 3 rings (SSSR count). The van der Waals surface area contributed by atoms with Gasteiger partial charge in [-0.3, -0.25) is 19.1 Å². The van der Waals surface area contributed by atoms with Crippen LogP contribution >= 0.6 is 11.6 Å². The number of fused-ring (bicyclic) bond motifs is 1. The van der Waals surface area contributed by atoms with Crippen LogP contribution in [0.2, 0.25) is 5.02 Å². The van der Waals surface area contributed by atoms with E-state index in [1.165, 1.54) is 4.90 Å². The van der Waals surface area contributed by atoms with E-state index in [0.29, 0.717) is 61.1 Å². The van der Waals surface area contributed by atoms with Gasteiger partial charge in [-0.25, -0.2) is 0 Å². The quantitative estimate of drug-likeness (QED) is 0.552. The van der Waals surface area contributed by atoms with Crippen molar-refractivity contribution in [2.75, 3.05) is 40.3 Å². The van der Waals surface area contributed by atoms with Crippen molar-refractivity contribution >= 4 is 29.3 Å². The van der Waals surface area contributed by atoms with Gasteiger partial charge < -0.3 is 19.4 Å². The molecule has 0 N–H and O–H groups in total. The van der Waals surface area contributed by atoms with E-state index in [0.717, 1.165) is 25.0 Å². The zero-order chi connectivity index (χ0) is 28.7. The summed E-state index contributed by atoms with van der Waals surface area (Å²) < 4.78 is 7.81. The number of hydrogen-bond acceptors (Lipinski definition) is 5. The van der Waals surface area contributed by atoms with Crippen LogP contribution in [0.4, 0.5) is 0 Å². The van der Waals surface area contributed by atoms with Crippen LogP contribution in [0, 0.1) is 12.8 Å². The predicted molar refractivity (Wildman–Crippen MR) is 152 cm³/mol. The summed E-state index contributed by atoms with van der Waals surface area (Å²) in [7, 11) is 3.42. The Bertz CT molecular complexity index is 1160. The van der Waals surface area contributed by atoms with Crippen LogP contribution < -0.4 is 4.74 Å². The largest absolute Gasteiger partial charge is 0.493 e. The Kier molecular flexibility index (Phi) is 10.8. The van der Waals surface area contributed by atoms with Gasteiger partial charge in [-0.05, 0) is 63.6 Å². The molecule has 1 aliphatic rings. The number of benzene rings is 1. The molecule has 0 radical (unpaired) electrons. The molecule has 214 valence electrons. The third-order valence-electron chi connectivity index (χ3n) is 7.21. The molecule has 1 aliphatic heterocycles. The number of carbonyl (C=O) groups excluding carboxylic acids is 3. The molecule has 1 aromatic carbocycles. The van der Waals surface area contributed by atoms with E-state index in [1.54, 1.807) is 41.9 Å². The van der Waals surface area contributed by atoms with Crippen LogP contribution in [0.1, 0.15) is 72.9 Å². The first kappa shape index (κ1) is 30.5. The molecule has 10 heteroatoms. The monoisotopic (exact) mass is 559 g/mol. The van der Waals surface area contributed by atoms with Gasteiger partial charge in [0.05, 0.1) is 23.4 Å². The number of aryl methyl sites for hydroxylation is 2. The number of hydrogen-bond donors (Lipinski definition) is 0. The van der Waals surface area contributed by atoms with E-state index >= 15 is 0 Å². The van der Waals surface area contributed by atoms with E-state index in [1.807, 2.05) is 38.8 Å². The maximum absolute atomic E-state index is 13.6. The molecule has 2 aromatic rings. The molecule has 0 saturated carbocycles. The normalized spacial score (nSPS) is 18.7. The molecule has 3 amide bonds. The van der Waals surface area contributed by atoms with Crippen LogP contribution in [0.5, 0.6) is 5.75 Å². The lowest BCUT2D eigenvalue weighted by atomic mass is 10.00. The number of halogens is 1. The average Bonchev–Trinajstić information content (AvgIpc) is 3.29. The summed E-state index contributed by atoms with van der Waals surface area (Å²) in [5.74, 6) is -0.121. The number of nitrogens with zero attached hydrogens (tertiary/aromatic N) is 5. The van der Waals surface area contributed by atoms with Crippen LogP contribution in [0.3, 0.4) is 0 Å². The third-order valence-corrected chi connectivity index (χ3v) is 7.44. The molecule has 0 unspecified atom stereocenters. The zero-order valence-electron chi connectivity index (χ0n) is 24.1. The van der Waals surface area contributed by atoms with Gasteiger partial charge in [-0.1, -0.05) is 25.4 Å². The second-order valence-corrected chi connectivity index (χ2v) is 11.0. The van der Waals surface area contributed by atoms with Gasteiger partial charge in [0.1, 0.15) is 11.8 Å². The molecule has 39 heavy (non-hydrogen) atoms. The minimum Gasteiger partial charge on any atom is -0.493 e. The van der Waals surface area contributed by atoms with Crippen LogP contribution in [0.15, 0.2) is 24.4 Å². The van der Waals surface area contributed by atoms with Crippen LogP contribution in [0.25, 0.3) is 0 Å². The molecule has 1 atom stereocenters. The molecule has 0 spiro atoms. The van der Waals surface area contributed by atoms with E-state index in [2.05, 4.69) is 5.10 Å². The molecule has 0 aliphatic carbocycles. The smallest absolute Gasteiger partial charge is 0.258 e. The van der Waals surface area contributed by atoms with E-state index in [4.69, 9.17) is 16.3 Å². The summed E-state index contributed by atoms with van der Waals surface area (Å²) in [5.41, 5.74) is 1.68. The molecular weight excluding hydrogens is 518 g/mol. The van der Waals surface area contributed by atoms with E-state index < -0.39 is 6.04 Å². The summed E-state index contributed by atoms with van der Waals surface area (Å²) >= 11 is 6.24. The highest BCUT2D eigenvalue weighted by Gasteiger charge is 2.33. The summed E-state index contributed by atoms with van der Waals surface area (Å²) in [6.07, 6.45) is 4.77. The first-order chi connectivity index (χ1) is 18.5. The van der Waals surface area contributed by atoms with Gasteiger partial charge in [0.25, 0.3) is 11.8 Å². The van der Waals surface area contributed by atoms with Gasteiger partial charge in [-0.2, -0.15) is 5.10 Å². The maximum Gasteiger partial charge on any atom is 0.258 e. The number of likely N-dealkylation sites (N-methyl/N-ethyl adjacent to an activating group) is 2. The fourth-order valence-corrected chi connectivity index (χ4v) is 5.13. The van der Waals surface area contributed by atoms with Gasteiger partial charge in [0.2, 0.25) is 5.91 Å². The highest BCUT2D eigenvalue weighted by Crippen LogP contribution is 2.26. The van der Waals surface area contributed by atoms with Crippen molar-refractivity contribution in [3.05, 3.63) is 46.2 Å². The number of amides is 3. The molecule has 0 bridgehead atoms. The van der Waals surface area contributed by atoms with Crippen molar-refractivity contribution in [1.29, 1.82) is 0 Å². The van der Waals surface area contributed by atoms with Crippen LogP contribution in [-0.4, -0.2) is 88.6 Å².